The number of fused-ring (bicyclic) bond motifs is 1. The molecule has 0 bridgehead atoms. The monoisotopic (exact) mass is 345 g/mol. The summed E-state index contributed by atoms with van der Waals surface area (Å²) in [6, 6.07) is 8.17. The van der Waals surface area contributed by atoms with E-state index in [1.54, 1.807) is 22.8 Å². The van der Waals surface area contributed by atoms with Crippen LogP contribution >= 0.6 is 11.6 Å². The van der Waals surface area contributed by atoms with Gasteiger partial charge in [-0.15, -0.1) is 0 Å². The molecule has 24 heavy (non-hydrogen) atoms. The van der Waals surface area contributed by atoms with Gasteiger partial charge < -0.3 is 14.6 Å². The Hall–Kier alpha value is -2.85. The van der Waals surface area contributed by atoms with Gasteiger partial charge in [0.2, 0.25) is 0 Å². The van der Waals surface area contributed by atoms with Gasteiger partial charge in [0, 0.05) is 24.5 Å². The second kappa shape index (κ2) is 6.72. The lowest BCUT2D eigenvalue weighted by Crippen LogP contribution is -2.13. The summed E-state index contributed by atoms with van der Waals surface area (Å²) in [4.78, 5) is 7.83. The van der Waals surface area contributed by atoms with Crippen molar-refractivity contribution in [3.63, 3.8) is 0 Å². The predicted molar refractivity (Wildman–Crippen MR) is 88.7 cm³/mol. The van der Waals surface area contributed by atoms with Gasteiger partial charge in [-0.3, -0.25) is 0 Å². The van der Waals surface area contributed by atoms with Crippen molar-refractivity contribution in [2.24, 2.45) is 0 Å². The number of nitriles is 1. The predicted octanol–water partition coefficient (Wildman–Crippen LogP) is 3.22. The maximum absolute atomic E-state index is 14.3. The second-order valence-corrected chi connectivity index (χ2v) is 5.34. The third-order valence-corrected chi connectivity index (χ3v) is 3.79. The molecule has 0 unspecified atom stereocenters. The van der Waals surface area contributed by atoms with Crippen molar-refractivity contribution in [2.45, 2.75) is 6.54 Å². The summed E-state index contributed by atoms with van der Waals surface area (Å²) in [5.41, 5.74) is 0.698. The van der Waals surface area contributed by atoms with E-state index >= 15 is 0 Å². The Balaban J connectivity index is 1.90. The average molecular weight is 346 g/mol. The van der Waals surface area contributed by atoms with E-state index in [1.165, 1.54) is 19.5 Å². The summed E-state index contributed by atoms with van der Waals surface area (Å²) in [6.45, 7) is 0.806. The van der Waals surface area contributed by atoms with Crippen molar-refractivity contribution in [3.8, 4) is 11.8 Å². The van der Waals surface area contributed by atoms with Crippen LogP contribution < -0.4 is 10.1 Å². The van der Waals surface area contributed by atoms with Crippen molar-refractivity contribution >= 4 is 28.3 Å². The third kappa shape index (κ3) is 2.96. The summed E-state index contributed by atoms with van der Waals surface area (Å²) in [5.74, 6) is 0.678. The average Bonchev–Trinajstić information content (AvgIpc) is 2.95. The van der Waals surface area contributed by atoms with Crippen molar-refractivity contribution in [1.29, 1.82) is 5.26 Å². The number of nitrogens with one attached hydrogen (secondary N) is 1. The summed E-state index contributed by atoms with van der Waals surface area (Å²) in [5, 5.41) is 13.3. The molecule has 0 atom stereocenters. The van der Waals surface area contributed by atoms with E-state index in [9.17, 15) is 9.65 Å². The first-order valence-corrected chi connectivity index (χ1v) is 7.49. The van der Waals surface area contributed by atoms with Crippen molar-refractivity contribution < 1.29 is 9.13 Å². The molecule has 122 valence electrons. The molecule has 3 rings (SSSR count). The van der Waals surface area contributed by atoms with Crippen LogP contribution in [0.15, 0.2) is 30.6 Å². The Bertz CT molecular complexity index is 934. The van der Waals surface area contributed by atoms with E-state index < -0.39 is 5.82 Å². The van der Waals surface area contributed by atoms with Crippen LogP contribution in [0.3, 0.4) is 0 Å². The van der Waals surface area contributed by atoms with Crippen LogP contribution in [0.4, 0.5) is 10.2 Å². The zero-order chi connectivity index (χ0) is 17.1. The van der Waals surface area contributed by atoms with E-state index in [-0.39, 0.29) is 0 Å². The van der Waals surface area contributed by atoms with Crippen molar-refractivity contribution in [2.75, 3.05) is 19.0 Å². The van der Waals surface area contributed by atoms with Crippen LogP contribution in [0, 0.1) is 17.1 Å². The Morgan fingerprint density at radius 2 is 2.21 bits per heavy atom. The SMILES string of the molecule is COc1ccc(F)c2c1cc(C#N)n2CCNc1cc(Cl)ncn1. The molecule has 0 fully saturated rings. The number of aromatic nitrogens is 3. The van der Waals surface area contributed by atoms with Crippen LogP contribution in [0.1, 0.15) is 5.69 Å². The zero-order valence-electron chi connectivity index (χ0n) is 12.8. The van der Waals surface area contributed by atoms with Crippen molar-refractivity contribution in [3.05, 3.63) is 47.3 Å². The zero-order valence-corrected chi connectivity index (χ0v) is 13.5. The standard InChI is InChI=1S/C16H13ClFN5O/c1-24-13-3-2-12(18)16-11(13)6-10(8-19)23(16)5-4-20-15-7-14(17)21-9-22-15/h2-3,6-7,9H,4-5H2,1H3,(H,20,21,22). The summed E-state index contributed by atoms with van der Waals surface area (Å²) in [7, 11) is 1.51. The molecule has 1 N–H and O–H groups in total. The molecule has 0 radical (unpaired) electrons. The molecule has 2 aromatic heterocycles. The van der Waals surface area contributed by atoms with Gasteiger partial charge in [0.05, 0.1) is 12.6 Å². The molecule has 0 amide bonds. The fraction of sp³-hybridized carbons (Fsp3) is 0.188. The minimum absolute atomic E-state index is 0.326. The lowest BCUT2D eigenvalue weighted by molar-refractivity contribution is 0.419. The Labute approximate surface area is 142 Å². The number of rotatable bonds is 5. The Morgan fingerprint density at radius 3 is 2.92 bits per heavy atom. The maximum Gasteiger partial charge on any atom is 0.147 e. The van der Waals surface area contributed by atoms with Crippen LogP contribution in [0.25, 0.3) is 10.9 Å². The molecule has 1 aromatic carbocycles. The molecule has 2 heterocycles. The lowest BCUT2D eigenvalue weighted by atomic mass is 10.2. The number of hydrogen-bond acceptors (Lipinski definition) is 5. The normalized spacial score (nSPS) is 10.6. The molecular weight excluding hydrogens is 333 g/mol. The fourth-order valence-electron chi connectivity index (χ4n) is 2.54. The van der Waals surface area contributed by atoms with E-state index in [1.807, 2.05) is 0 Å². The fourth-order valence-corrected chi connectivity index (χ4v) is 2.69. The topological polar surface area (TPSA) is 75.8 Å². The first-order chi connectivity index (χ1) is 11.6. The van der Waals surface area contributed by atoms with Crippen LogP contribution in [-0.2, 0) is 6.54 Å². The minimum atomic E-state index is -0.405. The van der Waals surface area contributed by atoms with Gasteiger partial charge in [0.15, 0.2) is 0 Å². The molecule has 0 aliphatic rings. The smallest absolute Gasteiger partial charge is 0.147 e. The highest BCUT2D eigenvalue weighted by atomic mass is 35.5. The molecular formula is C16H13ClFN5O. The van der Waals surface area contributed by atoms with Gasteiger partial charge in [-0.25, -0.2) is 14.4 Å². The van der Waals surface area contributed by atoms with E-state index in [2.05, 4.69) is 21.4 Å². The number of benzene rings is 1. The van der Waals surface area contributed by atoms with E-state index in [0.717, 1.165) is 0 Å². The molecule has 0 spiro atoms. The van der Waals surface area contributed by atoms with Gasteiger partial charge in [-0.05, 0) is 18.2 Å². The number of ether oxygens (including phenoxy) is 1. The first-order valence-electron chi connectivity index (χ1n) is 7.11. The quantitative estimate of drug-likeness (QED) is 0.718. The Morgan fingerprint density at radius 1 is 1.38 bits per heavy atom. The highest BCUT2D eigenvalue weighted by Crippen LogP contribution is 2.30. The maximum atomic E-state index is 14.3. The van der Waals surface area contributed by atoms with Gasteiger partial charge in [0.1, 0.15) is 40.6 Å². The van der Waals surface area contributed by atoms with Crippen LogP contribution in [0.2, 0.25) is 5.15 Å². The first kappa shape index (κ1) is 16.0. The van der Waals surface area contributed by atoms with Crippen molar-refractivity contribution in [1.82, 2.24) is 14.5 Å². The van der Waals surface area contributed by atoms with Crippen LogP contribution in [0.5, 0.6) is 5.75 Å². The number of anilines is 1. The molecule has 0 aliphatic heterocycles. The molecule has 0 saturated carbocycles. The summed E-state index contributed by atoms with van der Waals surface area (Å²) < 4.78 is 21.1. The minimum Gasteiger partial charge on any atom is -0.496 e. The van der Waals surface area contributed by atoms with Gasteiger partial charge in [-0.1, -0.05) is 11.6 Å². The largest absolute Gasteiger partial charge is 0.496 e. The van der Waals surface area contributed by atoms with Gasteiger partial charge in [0.25, 0.3) is 0 Å². The molecule has 3 aromatic rings. The number of hydrogen-bond donors (Lipinski definition) is 1. The van der Waals surface area contributed by atoms with E-state index in [0.29, 0.717) is 46.4 Å². The van der Waals surface area contributed by atoms with Gasteiger partial charge in [-0.2, -0.15) is 5.26 Å². The summed E-state index contributed by atoms with van der Waals surface area (Å²) >= 11 is 5.80. The second-order valence-electron chi connectivity index (χ2n) is 4.96. The Kier molecular flexibility index (Phi) is 4.49. The molecule has 0 saturated heterocycles. The summed E-state index contributed by atoms with van der Waals surface area (Å²) in [6.07, 6.45) is 1.35. The van der Waals surface area contributed by atoms with Crippen LogP contribution in [-0.4, -0.2) is 28.2 Å². The number of halogens is 2. The number of methoxy groups -OCH3 is 1. The number of nitrogens with zero attached hydrogens (tertiary/aromatic N) is 4. The molecule has 8 heteroatoms. The molecule has 0 aliphatic carbocycles. The molecule has 6 nitrogen and oxygen atoms in total. The third-order valence-electron chi connectivity index (χ3n) is 3.58. The van der Waals surface area contributed by atoms with E-state index in [4.69, 9.17) is 16.3 Å². The van der Waals surface area contributed by atoms with Gasteiger partial charge >= 0.3 is 0 Å². The highest BCUT2D eigenvalue weighted by Gasteiger charge is 2.16. The highest BCUT2D eigenvalue weighted by molar-refractivity contribution is 6.29. The lowest BCUT2D eigenvalue weighted by Gasteiger charge is -2.10.